The Kier molecular flexibility index (Phi) is 6.50. The van der Waals surface area contributed by atoms with Crippen LogP contribution >= 0.6 is 11.8 Å². The molecule has 1 amide bonds. The second-order valence-corrected chi connectivity index (χ2v) is 9.41. The molecule has 2 aliphatic rings. The molecule has 0 bridgehead atoms. The summed E-state index contributed by atoms with van der Waals surface area (Å²) in [6.07, 6.45) is -0.467. The van der Waals surface area contributed by atoms with Crippen LogP contribution in [-0.4, -0.2) is 63.9 Å². The quantitative estimate of drug-likeness (QED) is 0.512. The molecule has 1 aromatic heterocycles. The Hall–Kier alpha value is -3.04. The lowest BCUT2D eigenvalue weighted by atomic mass is 10.2. The summed E-state index contributed by atoms with van der Waals surface area (Å²) in [6.45, 7) is 6.26. The van der Waals surface area contributed by atoms with Crippen molar-refractivity contribution in [3.63, 3.8) is 0 Å². The molecule has 5 rings (SSSR count). The molecular formula is C24H26N4O4S. The third-order valence-corrected chi connectivity index (χ3v) is 6.69. The van der Waals surface area contributed by atoms with E-state index in [1.54, 1.807) is 0 Å². The van der Waals surface area contributed by atoms with E-state index < -0.39 is 6.10 Å². The molecule has 2 unspecified atom stereocenters. The molecule has 1 saturated heterocycles. The lowest BCUT2D eigenvalue weighted by molar-refractivity contribution is -0.132. The number of piperazine rings is 1. The summed E-state index contributed by atoms with van der Waals surface area (Å²) in [5.74, 6) is 1.79. The van der Waals surface area contributed by atoms with Crippen molar-refractivity contribution in [2.75, 3.05) is 32.8 Å². The Bertz CT molecular complexity index is 1080. The lowest BCUT2D eigenvalue weighted by Crippen LogP contribution is -2.50. The first-order chi connectivity index (χ1) is 16.2. The molecule has 9 heteroatoms. The number of benzene rings is 2. The molecule has 0 aliphatic carbocycles. The van der Waals surface area contributed by atoms with E-state index in [9.17, 15) is 4.79 Å². The fraction of sp³-hybridized carbons (Fsp3) is 0.375. The van der Waals surface area contributed by atoms with Gasteiger partial charge in [0.15, 0.2) is 11.5 Å². The minimum absolute atomic E-state index is 0.0882. The van der Waals surface area contributed by atoms with E-state index >= 15 is 0 Å². The minimum atomic E-state index is -0.467. The average molecular weight is 467 g/mol. The first-order valence-electron chi connectivity index (χ1n) is 11.1. The van der Waals surface area contributed by atoms with Gasteiger partial charge in [-0.25, -0.2) is 0 Å². The van der Waals surface area contributed by atoms with Gasteiger partial charge in [-0.3, -0.25) is 9.69 Å². The van der Waals surface area contributed by atoms with E-state index in [1.165, 1.54) is 17.3 Å². The lowest BCUT2D eigenvalue weighted by Gasteiger charge is -2.35. The van der Waals surface area contributed by atoms with Crippen LogP contribution in [0.3, 0.4) is 0 Å². The van der Waals surface area contributed by atoms with Crippen LogP contribution in [0, 0.1) is 0 Å². The molecule has 3 heterocycles. The van der Waals surface area contributed by atoms with Gasteiger partial charge in [-0.2, -0.15) is 0 Å². The van der Waals surface area contributed by atoms with E-state index in [2.05, 4.69) is 39.4 Å². The van der Waals surface area contributed by atoms with Gasteiger partial charge in [0.05, 0.1) is 5.25 Å². The highest BCUT2D eigenvalue weighted by Gasteiger charge is 2.30. The van der Waals surface area contributed by atoms with Crippen LogP contribution in [0.25, 0.3) is 0 Å². The molecule has 8 nitrogen and oxygen atoms in total. The van der Waals surface area contributed by atoms with Crippen LogP contribution in [0.5, 0.6) is 11.5 Å². The summed E-state index contributed by atoms with van der Waals surface area (Å²) in [7, 11) is 0. The summed E-state index contributed by atoms with van der Waals surface area (Å²) in [5, 5.41) is 8.26. The zero-order valence-electron chi connectivity index (χ0n) is 18.4. The number of thioether (sulfide) groups is 1. The van der Waals surface area contributed by atoms with E-state index in [1.807, 2.05) is 42.2 Å². The van der Waals surface area contributed by atoms with Crippen LogP contribution in [0.1, 0.15) is 24.5 Å². The maximum Gasteiger partial charge on any atom is 0.277 e. The van der Waals surface area contributed by atoms with E-state index in [0.29, 0.717) is 29.2 Å². The Balaban J connectivity index is 1.12. The predicted molar refractivity (Wildman–Crippen MR) is 123 cm³/mol. The van der Waals surface area contributed by atoms with Crippen LogP contribution in [-0.2, 0) is 11.3 Å². The third-order valence-electron chi connectivity index (χ3n) is 5.76. The molecule has 2 atom stereocenters. The van der Waals surface area contributed by atoms with Crippen molar-refractivity contribution < 1.29 is 18.7 Å². The Morgan fingerprint density at radius 3 is 2.55 bits per heavy atom. The summed E-state index contributed by atoms with van der Waals surface area (Å²) in [4.78, 5) is 17.3. The minimum Gasteiger partial charge on any atom is -0.485 e. The van der Waals surface area contributed by atoms with Crippen LogP contribution in [0.4, 0.5) is 0 Å². The Morgan fingerprint density at radius 1 is 1.03 bits per heavy atom. The van der Waals surface area contributed by atoms with Crippen molar-refractivity contribution >= 4 is 17.7 Å². The van der Waals surface area contributed by atoms with Crippen LogP contribution in [0.2, 0.25) is 0 Å². The van der Waals surface area contributed by atoms with Gasteiger partial charge in [-0.1, -0.05) is 54.2 Å². The number of hydrogen-bond acceptors (Lipinski definition) is 8. The van der Waals surface area contributed by atoms with Crippen molar-refractivity contribution in [1.29, 1.82) is 0 Å². The molecule has 0 saturated carbocycles. The molecule has 0 radical (unpaired) electrons. The number of fused-ring (bicyclic) bond motifs is 1. The number of aromatic nitrogens is 2. The van der Waals surface area contributed by atoms with Gasteiger partial charge in [0, 0.05) is 32.7 Å². The smallest absolute Gasteiger partial charge is 0.277 e. The van der Waals surface area contributed by atoms with Crippen molar-refractivity contribution in [3.05, 3.63) is 66.1 Å². The number of carbonyl (C=O) groups excluding carboxylic acids is 1. The van der Waals surface area contributed by atoms with E-state index in [-0.39, 0.29) is 11.2 Å². The van der Waals surface area contributed by atoms with E-state index in [4.69, 9.17) is 13.9 Å². The molecule has 33 heavy (non-hydrogen) atoms. The zero-order valence-corrected chi connectivity index (χ0v) is 19.2. The molecular weight excluding hydrogens is 440 g/mol. The largest absolute Gasteiger partial charge is 0.485 e. The summed E-state index contributed by atoms with van der Waals surface area (Å²) in [5.41, 5.74) is 1.30. The highest BCUT2D eigenvalue weighted by atomic mass is 32.2. The first kappa shape index (κ1) is 21.8. The first-order valence-corrected chi connectivity index (χ1v) is 12.0. The number of ether oxygens (including phenoxy) is 2. The van der Waals surface area contributed by atoms with Crippen molar-refractivity contribution in [2.45, 2.75) is 30.0 Å². The van der Waals surface area contributed by atoms with Gasteiger partial charge in [0.25, 0.3) is 11.1 Å². The second kappa shape index (κ2) is 9.84. The van der Waals surface area contributed by atoms with Gasteiger partial charge in [0.2, 0.25) is 12.0 Å². The highest BCUT2D eigenvalue weighted by Crippen LogP contribution is 2.36. The SMILES string of the molecule is CC(Sc1nnc(C2COc3ccccc3O2)o1)C(=O)N1CCN(Cc2ccccc2)CC1. The van der Waals surface area contributed by atoms with Gasteiger partial charge >= 0.3 is 0 Å². The Morgan fingerprint density at radius 2 is 1.76 bits per heavy atom. The van der Waals surface area contributed by atoms with Crippen molar-refractivity contribution in [3.8, 4) is 11.5 Å². The fourth-order valence-corrected chi connectivity index (χ4v) is 4.74. The second-order valence-electron chi connectivity index (χ2n) is 8.12. The monoisotopic (exact) mass is 466 g/mol. The standard InChI is InChI=1S/C24H26N4O4S/c1-17(23(29)28-13-11-27(12-14-28)15-18-7-3-2-4-8-18)33-24-26-25-22(32-24)21-16-30-19-9-5-6-10-20(19)31-21/h2-10,17,21H,11-16H2,1H3. The number of nitrogens with zero attached hydrogens (tertiary/aromatic N) is 4. The highest BCUT2D eigenvalue weighted by molar-refractivity contribution is 8.00. The summed E-state index contributed by atoms with van der Waals surface area (Å²) in [6, 6.07) is 17.9. The van der Waals surface area contributed by atoms with Crippen molar-refractivity contribution in [1.82, 2.24) is 20.0 Å². The number of rotatable bonds is 6. The number of amides is 1. The van der Waals surface area contributed by atoms with Gasteiger partial charge in [0.1, 0.15) is 6.61 Å². The summed E-state index contributed by atoms with van der Waals surface area (Å²) >= 11 is 1.28. The normalized spacial score (nSPS) is 19.3. The zero-order chi connectivity index (χ0) is 22.6. The fourth-order valence-electron chi connectivity index (χ4n) is 3.97. The molecule has 3 aromatic rings. The molecule has 0 N–H and O–H groups in total. The number of hydrogen-bond donors (Lipinski definition) is 0. The van der Waals surface area contributed by atoms with Gasteiger partial charge in [-0.05, 0) is 24.6 Å². The molecule has 2 aliphatic heterocycles. The summed E-state index contributed by atoms with van der Waals surface area (Å²) < 4.78 is 17.4. The Labute approximate surface area is 196 Å². The maximum atomic E-state index is 13.0. The number of carbonyl (C=O) groups is 1. The predicted octanol–water partition coefficient (Wildman–Crippen LogP) is 3.41. The molecule has 172 valence electrons. The third kappa shape index (κ3) is 5.15. The topological polar surface area (TPSA) is 80.9 Å². The van der Waals surface area contributed by atoms with Crippen LogP contribution < -0.4 is 9.47 Å². The van der Waals surface area contributed by atoms with Gasteiger partial charge < -0.3 is 18.8 Å². The maximum absolute atomic E-state index is 13.0. The van der Waals surface area contributed by atoms with Gasteiger partial charge in [-0.15, -0.1) is 10.2 Å². The molecule has 1 fully saturated rings. The van der Waals surface area contributed by atoms with Crippen LogP contribution in [0.15, 0.2) is 64.2 Å². The molecule has 2 aromatic carbocycles. The van der Waals surface area contributed by atoms with Crippen molar-refractivity contribution in [2.24, 2.45) is 0 Å². The number of para-hydroxylation sites is 2. The molecule has 0 spiro atoms. The average Bonchev–Trinajstić information content (AvgIpc) is 3.33. The van der Waals surface area contributed by atoms with E-state index in [0.717, 1.165) is 32.7 Å².